The number of rotatable bonds is 5. The first-order valence-electron chi connectivity index (χ1n) is 7.90. The molecule has 0 fully saturated rings. The summed E-state index contributed by atoms with van der Waals surface area (Å²) in [6.07, 6.45) is -0.873. The predicted octanol–water partition coefficient (Wildman–Crippen LogP) is 2.62. The summed E-state index contributed by atoms with van der Waals surface area (Å²) in [5.74, 6) is 0.294. The number of fused-ring (bicyclic) bond motifs is 1. The van der Waals surface area contributed by atoms with E-state index in [-0.39, 0.29) is 11.3 Å². The number of carbonyl (C=O) groups is 2. The van der Waals surface area contributed by atoms with Crippen LogP contribution in [0.4, 0.5) is 5.69 Å². The second-order valence-electron chi connectivity index (χ2n) is 5.61. The number of nitrogens with one attached hydrogen (secondary N) is 1. The Morgan fingerprint density at radius 3 is 2.62 bits per heavy atom. The molecule has 1 atom stereocenters. The Kier molecular flexibility index (Phi) is 5.18. The molecule has 1 heterocycles. The quantitative estimate of drug-likeness (QED) is 0.835. The smallest absolute Gasteiger partial charge is 0.265 e. The molecule has 2 aromatic carbocycles. The molecule has 3 N–H and O–H groups in total. The maximum atomic E-state index is 12.4. The summed E-state index contributed by atoms with van der Waals surface area (Å²) in [5.41, 5.74) is 5.97. The minimum Gasteiger partial charge on any atom is -0.486 e. The summed E-state index contributed by atoms with van der Waals surface area (Å²) < 4.78 is 16.5. The normalized spacial score (nSPS) is 13.6. The van der Waals surface area contributed by atoms with Crippen molar-refractivity contribution in [2.24, 2.45) is 5.73 Å². The number of halogens is 1. The highest BCUT2D eigenvalue weighted by Crippen LogP contribution is 2.32. The predicted molar refractivity (Wildman–Crippen MR) is 96.1 cm³/mol. The van der Waals surface area contributed by atoms with Gasteiger partial charge in [0.15, 0.2) is 17.6 Å². The molecular weight excluding hydrogens is 360 g/mol. The molecule has 3 rings (SSSR count). The van der Waals surface area contributed by atoms with Crippen molar-refractivity contribution < 1.29 is 23.8 Å². The number of anilines is 1. The van der Waals surface area contributed by atoms with Crippen LogP contribution in [-0.4, -0.2) is 31.1 Å². The van der Waals surface area contributed by atoms with Gasteiger partial charge in [-0.1, -0.05) is 11.6 Å². The largest absolute Gasteiger partial charge is 0.486 e. The molecule has 26 heavy (non-hydrogen) atoms. The Labute approximate surface area is 155 Å². The first-order chi connectivity index (χ1) is 12.4. The SMILES string of the molecule is C[C@H](Oc1ccc(Cl)cc1C(N)=O)C(=O)Nc1ccc2c(c1)OCCO2. The lowest BCUT2D eigenvalue weighted by Gasteiger charge is -2.20. The van der Waals surface area contributed by atoms with E-state index >= 15 is 0 Å². The molecule has 7 nitrogen and oxygen atoms in total. The zero-order valence-electron chi connectivity index (χ0n) is 14.0. The van der Waals surface area contributed by atoms with Gasteiger partial charge in [-0.3, -0.25) is 9.59 Å². The molecule has 0 radical (unpaired) electrons. The fraction of sp³-hybridized carbons (Fsp3) is 0.222. The minimum atomic E-state index is -0.873. The second-order valence-corrected chi connectivity index (χ2v) is 6.05. The Balaban J connectivity index is 1.70. The van der Waals surface area contributed by atoms with E-state index in [0.29, 0.717) is 35.4 Å². The van der Waals surface area contributed by atoms with Crippen molar-refractivity contribution in [3.05, 3.63) is 47.0 Å². The summed E-state index contributed by atoms with van der Waals surface area (Å²) in [5, 5.41) is 3.08. The van der Waals surface area contributed by atoms with Gasteiger partial charge in [-0.25, -0.2) is 0 Å². The van der Waals surface area contributed by atoms with Crippen molar-refractivity contribution in [3.8, 4) is 17.2 Å². The number of amides is 2. The summed E-state index contributed by atoms with van der Waals surface area (Å²) in [6, 6.07) is 9.54. The van der Waals surface area contributed by atoms with Crippen LogP contribution >= 0.6 is 11.6 Å². The van der Waals surface area contributed by atoms with Crippen molar-refractivity contribution in [1.29, 1.82) is 0 Å². The molecule has 0 unspecified atom stereocenters. The zero-order chi connectivity index (χ0) is 18.7. The van der Waals surface area contributed by atoms with Crippen molar-refractivity contribution in [2.75, 3.05) is 18.5 Å². The molecule has 136 valence electrons. The van der Waals surface area contributed by atoms with Crippen molar-refractivity contribution in [3.63, 3.8) is 0 Å². The van der Waals surface area contributed by atoms with Crippen LogP contribution in [0.15, 0.2) is 36.4 Å². The highest BCUT2D eigenvalue weighted by atomic mass is 35.5. The van der Waals surface area contributed by atoms with Gasteiger partial charge in [-0.15, -0.1) is 0 Å². The highest BCUT2D eigenvalue weighted by molar-refractivity contribution is 6.31. The average molecular weight is 377 g/mol. The molecule has 0 saturated carbocycles. The van der Waals surface area contributed by atoms with E-state index in [1.54, 1.807) is 31.2 Å². The van der Waals surface area contributed by atoms with Crippen LogP contribution in [0.3, 0.4) is 0 Å². The molecule has 0 saturated heterocycles. The molecule has 8 heteroatoms. The molecule has 0 bridgehead atoms. The summed E-state index contributed by atoms with van der Waals surface area (Å²) in [6.45, 7) is 2.51. The van der Waals surface area contributed by atoms with Gasteiger partial charge in [0, 0.05) is 16.8 Å². The summed E-state index contributed by atoms with van der Waals surface area (Å²) in [4.78, 5) is 23.9. The van der Waals surface area contributed by atoms with Crippen LogP contribution in [0.2, 0.25) is 5.02 Å². The summed E-state index contributed by atoms with van der Waals surface area (Å²) >= 11 is 5.86. The van der Waals surface area contributed by atoms with Gasteiger partial charge in [-0.2, -0.15) is 0 Å². The third kappa shape index (κ3) is 4.00. The van der Waals surface area contributed by atoms with Crippen molar-refractivity contribution in [1.82, 2.24) is 0 Å². The van der Waals surface area contributed by atoms with Gasteiger partial charge in [0.2, 0.25) is 0 Å². The van der Waals surface area contributed by atoms with E-state index in [0.717, 1.165) is 0 Å². The Bertz CT molecular complexity index is 855. The standard InChI is InChI=1S/C18H17ClN2O5/c1-10(26-14-4-2-11(19)8-13(14)17(20)22)18(23)21-12-3-5-15-16(9-12)25-7-6-24-15/h2-5,8-10H,6-7H2,1H3,(H2,20,22)(H,21,23)/t10-/m0/s1. The lowest BCUT2D eigenvalue weighted by Crippen LogP contribution is -2.31. The maximum Gasteiger partial charge on any atom is 0.265 e. The molecule has 1 aliphatic rings. The second kappa shape index (κ2) is 7.53. The molecular formula is C18H17ClN2O5. The van der Waals surface area contributed by atoms with Crippen molar-refractivity contribution >= 4 is 29.1 Å². The monoisotopic (exact) mass is 376 g/mol. The number of benzene rings is 2. The van der Waals surface area contributed by atoms with E-state index in [9.17, 15) is 9.59 Å². The topological polar surface area (TPSA) is 99.9 Å². The van der Waals surface area contributed by atoms with Gasteiger partial charge in [0.25, 0.3) is 11.8 Å². The Morgan fingerprint density at radius 1 is 1.15 bits per heavy atom. The number of ether oxygens (including phenoxy) is 3. The van der Waals surface area contributed by atoms with E-state index in [2.05, 4.69) is 5.32 Å². The fourth-order valence-electron chi connectivity index (χ4n) is 2.41. The minimum absolute atomic E-state index is 0.108. The number of nitrogens with two attached hydrogens (primary N) is 1. The number of hydrogen-bond acceptors (Lipinski definition) is 5. The number of carbonyl (C=O) groups excluding carboxylic acids is 2. The molecule has 1 aliphatic heterocycles. The van der Waals surface area contributed by atoms with Crippen LogP contribution in [0.5, 0.6) is 17.2 Å². The van der Waals surface area contributed by atoms with Gasteiger partial charge in [0.1, 0.15) is 19.0 Å². The average Bonchev–Trinajstić information content (AvgIpc) is 2.62. The Morgan fingerprint density at radius 2 is 1.88 bits per heavy atom. The van der Waals surface area contributed by atoms with Crippen LogP contribution in [0.25, 0.3) is 0 Å². The molecule has 0 aliphatic carbocycles. The fourth-order valence-corrected chi connectivity index (χ4v) is 2.58. The van der Waals surface area contributed by atoms with E-state index in [1.807, 2.05) is 0 Å². The summed E-state index contributed by atoms with van der Waals surface area (Å²) in [7, 11) is 0. The lowest BCUT2D eigenvalue weighted by molar-refractivity contribution is -0.122. The Hall–Kier alpha value is -2.93. The third-order valence-electron chi connectivity index (χ3n) is 3.69. The van der Waals surface area contributed by atoms with Crippen LogP contribution in [0, 0.1) is 0 Å². The third-order valence-corrected chi connectivity index (χ3v) is 3.92. The van der Waals surface area contributed by atoms with E-state index in [4.69, 9.17) is 31.5 Å². The molecule has 2 amide bonds. The first-order valence-corrected chi connectivity index (χ1v) is 8.28. The van der Waals surface area contributed by atoms with Gasteiger partial charge >= 0.3 is 0 Å². The number of primary amides is 1. The van der Waals surface area contributed by atoms with Crippen molar-refractivity contribution in [2.45, 2.75) is 13.0 Å². The molecule has 0 aromatic heterocycles. The van der Waals surface area contributed by atoms with Crippen LogP contribution < -0.4 is 25.3 Å². The van der Waals surface area contributed by atoms with Gasteiger partial charge in [0.05, 0.1) is 5.56 Å². The van der Waals surface area contributed by atoms with E-state index in [1.165, 1.54) is 12.1 Å². The van der Waals surface area contributed by atoms with E-state index < -0.39 is 17.9 Å². The number of hydrogen-bond donors (Lipinski definition) is 2. The highest BCUT2D eigenvalue weighted by Gasteiger charge is 2.20. The maximum absolute atomic E-state index is 12.4. The lowest BCUT2D eigenvalue weighted by atomic mass is 10.2. The molecule has 0 spiro atoms. The zero-order valence-corrected chi connectivity index (χ0v) is 14.7. The van der Waals surface area contributed by atoms with Crippen LogP contribution in [0.1, 0.15) is 17.3 Å². The molecule has 2 aromatic rings. The van der Waals surface area contributed by atoms with Crippen LogP contribution in [-0.2, 0) is 4.79 Å². The first kappa shape index (κ1) is 17.9. The van der Waals surface area contributed by atoms with Gasteiger partial charge in [-0.05, 0) is 37.3 Å². The van der Waals surface area contributed by atoms with Gasteiger partial charge < -0.3 is 25.3 Å².